The second kappa shape index (κ2) is 9.62. The van der Waals surface area contributed by atoms with Gasteiger partial charge >= 0.3 is 5.97 Å². The highest BCUT2D eigenvalue weighted by Gasteiger charge is 2.22. The van der Waals surface area contributed by atoms with Crippen molar-refractivity contribution >= 4 is 28.9 Å². The predicted molar refractivity (Wildman–Crippen MR) is 136 cm³/mol. The lowest BCUT2D eigenvalue weighted by Crippen LogP contribution is -2.11. The second-order valence-electron chi connectivity index (χ2n) is 9.43. The maximum absolute atomic E-state index is 14.5. The Balaban J connectivity index is 1.51. The van der Waals surface area contributed by atoms with Gasteiger partial charge in [-0.15, -0.1) is 16.4 Å². The maximum Gasteiger partial charge on any atom is 0.339 e. The van der Waals surface area contributed by atoms with Gasteiger partial charge in [0, 0.05) is 28.4 Å². The van der Waals surface area contributed by atoms with E-state index in [4.69, 9.17) is 5.10 Å². The zero-order valence-corrected chi connectivity index (χ0v) is 20.5. The molecule has 2 N–H and O–H groups in total. The number of rotatable bonds is 8. The number of nitrogens with one attached hydrogen (secondary N) is 1. The largest absolute Gasteiger partial charge is 0.478 e. The van der Waals surface area contributed by atoms with E-state index in [0.29, 0.717) is 23.3 Å². The number of aromatic nitrogens is 3. The Morgan fingerprint density at radius 1 is 1.26 bits per heavy atom. The summed E-state index contributed by atoms with van der Waals surface area (Å²) in [4.78, 5) is 17.3. The normalized spacial score (nSPS) is 13.7. The number of hydrogen-bond acceptors (Lipinski definition) is 5. The molecule has 1 aliphatic rings. The summed E-state index contributed by atoms with van der Waals surface area (Å²) in [5.41, 5.74) is 3.41. The van der Waals surface area contributed by atoms with E-state index in [-0.39, 0.29) is 17.2 Å². The highest BCUT2D eigenvalue weighted by molar-refractivity contribution is 7.13. The van der Waals surface area contributed by atoms with Gasteiger partial charge in [0.15, 0.2) is 5.82 Å². The van der Waals surface area contributed by atoms with Crippen molar-refractivity contribution in [2.24, 2.45) is 5.92 Å². The highest BCUT2D eigenvalue weighted by atomic mass is 32.1. The van der Waals surface area contributed by atoms with Gasteiger partial charge in [-0.1, -0.05) is 26.3 Å². The lowest BCUT2D eigenvalue weighted by Gasteiger charge is -2.26. The Morgan fingerprint density at radius 3 is 2.74 bits per heavy atom. The summed E-state index contributed by atoms with van der Waals surface area (Å²) in [6.07, 6.45) is 5.73. The van der Waals surface area contributed by atoms with Gasteiger partial charge < -0.3 is 10.4 Å². The predicted octanol–water partition coefficient (Wildman–Crippen LogP) is 7.04. The fourth-order valence-corrected chi connectivity index (χ4v) is 5.10. The Bertz CT molecular complexity index is 1360. The van der Waals surface area contributed by atoms with Gasteiger partial charge in [-0.25, -0.2) is 18.9 Å². The second-order valence-corrected chi connectivity index (χ2v) is 10.4. The molecule has 8 heteroatoms. The molecular formula is C27H27FN4O2S. The number of nitrogens with zero attached hydrogens (tertiary/aromatic N) is 3. The highest BCUT2D eigenvalue weighted by Crippen LogP contribution is 2.37. The third-order valence-electron chi connectivity index (χ3n) is 6.30. The quantitative estimate of drug-likeness (QED) is 0.277. The van der Waals surface area contributed by atoms with E-state index in [0.717, 1.165) is 41.0 Å². The van der Waals surface area contributed by atoms with Crippen molar-refractivity contribution in [1.82, 2.24) is 14.8 Å². The summed E-state index contributed by atoms with van der Waals surface area (Å²) in [6, 6.07) is 12.5. The summed E-state index contributed by atoms with van der Waals surface area (Å²) in [7, 11) is 0. The van der Waals surface area contributed by atoms with Crippen molar-refractivity contribution in [3.63, 3.8) is 0 Å². The number of carboxylic acids is 1. The Morgan fingerprint density at radius 2 is 2.09 bits per heavy atom. The average molecular weight is 491 g/mol. The number of anilines is 2. The summed E-state index contributed by atoms with van der Waals surface area (Å²) in [5.74, 6) is 0.0902. The van der Waals surface area contributed by atoms with Crippen LogP contribution in [-0.4, -0.2) is 25.8 Å². The molecular weight excluding hydrogens is 463 g/mol. The van der Waals surface area contributed by atoms with Crippen LogP contribution >= 0.6 is 11.3 Å². The smallest absolute Gasteiger partial charge is 0.339 e. The molecule has 0 unspecified atom stereocenters. The van der Waals surface area contributed by atoms with E-state index in [1.807, 2.05) is 29.6 Å². The molecule has 35 heavy (non-hydrogen) atoms. The van der Waals surface area contributed by atoms with E-state index >= 15 is 0 Å². The lowest BCUT2D eigenvalue weighted by atomic mass is 9.80. The van der Waals surface area contributed by atoms with Crippen LogP contribution in [0.5, 0.6) is 0 Å². The molecule has 5 rings (SSSR count). The SMILES string of the molecule is CC(C)Cc1cc(Nc2ncc(-c3cccs3)cc2C(=O)O)nn1-c1cc(F)cc(C2CCC2)c1. The molecule has 0 radical (unpaired) electrons. The van der Waals surface area contributed by atoms with Crippen molar-refractivity contribution in [2.45, 2.75) is 45.4 Å². The molecule has 6 nitrogen and oxygen atoms in total. The van der Waals surface area contributed by atoms with Crippen LogP contribution in [0.25, 0.3) is 16.1 Å². The molecule has 1 fully saturated rings. The van der Waals surface area contributed by atoms with Crippen molar-refractivity contribution in [3.8, 4) is 16.1 Å². The Hall–Kier alpha value is -3.52. The fourth-order valence-electron chi connectivity index (χ4n) is 4.39. The molecule has 0 atom stereocenters. The van der Waals surface area contributed by atoms with Crippen LogP contribution in [0.4, 0.5) is 16.0 Å². The number of pyridine rings is 1. The molecule has 180 valence electrons. The van der Waals surface area contributed by atoms with Crippen LogP contribution in [0.2, 0.25) is 0 Å². The van der Waals surface area contributed by atoms with Crippen molar-refractivity contribution in [1.29, 1.82) is 0 Å². The number of halogens is 1. The first-order valence-electron chi connectivity index (χ1n) is 11.8. The number of benzene rings is 1. The molecule has 0 bridgehead atoms. The zero-order chi connectivity index (χ0) is 24.5. The first-order chi connectivity index (χ1) is 16.9. The van der Waals surface area contributed by atoms with Crippen LogP contribution in [0.15, 0.2) is 54.0 Å². The lowest BCUT2D eigenvalue weighted by molar-refractivity contribution is 0.0697. The van der Waals surface area contributed by atoms with Crippen LogP contribution in [0.1, 0.15) is 60.6 Å². The van der Waals surface area contributed by atoms with Gasteiger partial charge in [0.25, 0.3) is 0 Å². The molecule has 0 amide bonds. The van der Waals surface area contributed by atoms with Gasteiger partial charge in [0.1, 0.15) is 17.2 Å². The minimum Gasteiger partial charge on any atom is -0.478 e. The van der Waals surface area contributed by atoms with Crippen molar-refractivity contribution < 1.29 is 14.3 Å². The van der Waals surface area contributed by atoms with E-state index in [9.17, 15) is 14.3 Å². The molecule has 1 saturated carbocycles. The molecule has 1 aromatic carbocycles. The molecule has 3 aromatic heterocycles. The van der Waals surface area contributed by atoms with Gasteiger partial charge in [0.2, 0.25) is 0 Å². The minimum absolute atomic E-state index is 0.0638. The van der Waals surface area contributed by atoms with E-state index in [1.54, 1.807) is 23.0 Å². The van der Waals surface area contributed by atoms with E-state index in [1.165, 1.54) is 23.8 Å². The average Bonchev–Trinajstić information content (AvgIpc) is 3.42. The first kappa shape index (κ1) is 23.2. The summed E-state index contributed by atoms with van der Waals surface area (Å²) >= 11 is 1.53. The van der Waals surface area contributed by atoms with Gasteiger partial charge in [-0.2, -0.15) is 0 Å². The van der Waals surface area contributed by atoms with Gasteiger partial charge in [-0.3, -0.25) is 0 Å². The van der Waals surface area contributed by atoms with E-state index < -0.39 is 5.97 Å². The summed E-state index contributed by atoms with van der Waals surface area (Å²) < 4.78 is 16.3. The molecule has 4 aromatic rings. The number of carboxylic acid groups (broad SMARTS) is 1. The summed E-state index contributed by atoms with van der Waals surface area (Å²) in [5, 5.41) is 19.5. The summed E-state index contributed by atoms with van der Waals surface area (Å²) in [6.45, 7) is 4.23. The molecule has 0 aliphatic heterocycles. The van der Waals surface area contributed by atoms with Crippen molar-refractivity contribution in [2.75, 3.05) is 5.32 Å². The number of hydrogen-bond donors (Lipinski definition) is 2. The minimum atomic E-state index is -1.07. The standard InChI is InChI=1S/C27H27FN4O2S/c1-16(2)9-21-14-25(31-32(21)22-11-18(10-20(28)13-22)17-5-3-6-17)30-26-23(27(33)34)12-19(15-29-26)24-7-4-8-35-24/h4,7-8,10-17H,3,5-6,9H2,1-2H3,(H,33,34)(H,29,30,31). The maximum atomic E-state index is 14.5. The van der Waals surface area contributed by atoms with Gasteiger partial charge in [0.05, 0.1) is 5.69 Å². The van der Waals surface area contributed by atoms with Gasteiger partial charge in [-0.05, 0) is 72.4 Å². The Labute approximate surface area is 207 Å². The molecule has 0 spiro atoms. The number of carbonyl (C=O) groups is 1. The third-order valence-corrected chi connectivity index (χ3v) is 7.22. The van der Waals surface area contributed by atoms with E-state index in [2.05, 4.69) is 24.1 Å². The van der Waals surface area contributed by atoms with Crippen molar-refractivity contribution in [3.05, 3.63) is 76.7 Å². The zero-order valence-electron chi connectivity index (χ0n) is 19.7. The molecule has 3 heterocycles. The number of thiophene rings is 1. The molecule has 0 saturated heterocycles. The number of aromatic carboxylic acids is 1. The van der Waals surface area contributed by atoms with Crippen LogP contribution in [-0.2, 0) is 6.42 Å². The third kappa shape index (κ3) is 4.98. The fraction of sp³-hybridized carbons (Fsp3) is 0.296. The first-order valence-corrected chi connectivity index (χ1v) is 12.7. The topological polar surface area (TPSA) is 80.0 Å². The van der Waals surface area contributed by atoms with Crippen LogP contribution < -0.4 is 5.32 Å². The monoisotopic (exact) mass is 490 g/mol. The molecule has 1 aliphatic carbocycles. The Kier molecular flexibility index (Phi) is 6.38. The van der Waals surface area contributed by atoms with Crippen LogP contribution in [0, 0.1) is 11.7 Å². The van der Waals surface area contributed by atoms with Crippen LogP contribution in [0.3, 0.4) is 0 Å².